The quantitative estimate of drug-likeness (QED) is 0.598. The second-order valence-corrected chi connectivity index (χ2v) is 3.67. The van der Waals surface area contributed by atoms with Gasteiger partial charge in [-0.3, -0.25) is 4.79 Å². The monoisotopic (exact) mass is 216 g/mol. The van der Waals surface area contributed by atoms with Gasteiger partial charge in [-0.25, -0.2) is 4.79 Å². The fourth-order valence-electron chi connectivity index (χ4n) is 1.04. The lowest BCUT2D eigenvalue weighted by atomic mass is 10.1. The van der Waals surface area contributed by atoms with Gasteiger partial charge in [0, 0.05) is 19.5 Å². The Bertz CT molecular complexity index is 207. The zero-order chi connectivity index (χ0) is 11.7. The maximum Gasteiger partial charge on any atom is 0.314 e. The summed E-state index contributed by atoms with van der Waals surface area (Å²) in [7, 11) is 0. The maximum atomic E-state index is 11.1. The van der Waals surface area contributed by atoms with Crippen molar-refractivity contribution in [2.75, 3.05) is 13.1 Å². The molecule has 0 spiro atoms. The van der Waals surface area contributed by atoms with Crippen LogP contribution in [0.5, 0.6) is 0 Å². The van der Waals surface area contributed by atoms with Crippen LogP contribution in [0.2, 0.25) is 0 Å². The van der Waals surface area contributed by atoms with E-state index in [1.165, 1.54) is 0 Å². The normalized spacial score (nSPS) is 11.9. The van der Waals surface area contributed by atoms with Gasteiger partial charge in [-0.1, -0.05) is 13.8 Å². The van der Waals surface area contributed by atoms with Crippen molar-refractivity contribution in [1.82, 2.24) is 10.6 Å². The van der Waals surface area contributed by atoms with Gasteiger partial charge >= 0.3 is 12.0 Å². The van der Waals surface area contributed by atoms with E-state index >= 15 is 0 Å². The summed E-state index contributed by atoms with van der Waals surface area (Å²) in [6, 6.07) is -0.181. The molecule has 15 heavy (non-hydrogen) atoms. The molecule has 0 heterocycles. The fourth-order valence-corrected chi connectivity index (χ4v) is 1.04. The molecule has 1 atom stereocenters. The van der Waals surface area contributed by atoms with Crippen LogP contribution in [0.1, 0.15) is 33.1 Å². The van der Waals surface area contributed by atoms with E-state index in [9.17, 15) is 9.59 Å². The molecule has 5 nitrogen and oxygen atoms in total. The molecule has 0 aliphatic carbocycles. The van der Waals surface area contributed by atoms with Gasteiger partial charge < -0.3 is 15.7 Å². The Kier molecular flexibility index (Phi) is 7.40. The van der Waals surface area contributed by atoms with Crippen LogP contribution in [0.15, 0.2) is 0 Å². The Labute approximate surface area is 90.2 Å². The molecule has 0 saturated carbocycles. The number of hydrogen-bond donors (Lipinski definition) is 3. The van der Waals surface area contributed by atoms with Gasteiger partial charge in [0.2, 0.25) is 0 Å². The van der Waals surface area contributed by atoms with Crippen molar-refractivity contribution >= 4 is 12.0 Å². The average molecular weight is 216 g/mol. The molecular weight excluding hydrogens is 196 g/mol. The molecule has 5 heteroatoms. The third kappa shape index (κ3) is 9.05. The molecule has 88 valence electrons. The predicted octanol–water partition coefficient (Wildman–Crippen LogP) is 1.20. The van der Waals surface area contributed by atoms with Crippen molar-refractivity contribution in [1.29, 1.82) is 0 Å². The molecule has 0 radical (unpaired) electrons. The second-order valence-electron chi connectivity index (χ2n) is 3.67. The molecule has 0 fully saturated rings. The van der Waals surface area contributed by atoms with Gasteiger partial charge in [0.25, 0.3) is 0 Å². The maximum absolute atomic E-state index is 11.1. The summed E-state index contributed by atoms with van der Waals surface area (Å²) in [5.41, 5.74) is 0. The molecule has 0 saturated heterocycles. The van der Waals surface area contributed by atoms with Gasteiger partial charge in [0.05, 0.1) is 0 Å². The van der Waals surface area contributed by atoms with Crippen LogP contribution >= 0.6 is 0 Å². The van der Waals surface area contributed by atoms with Crippen LogP contribution in [0, 0.1) is 5.92 Å². The highest BCUT2D eigenvalue weighted by molar-refractivity contribution is 5.73. The zero-order valence-corrected chi connectivity index (χ0v) is 9.38. The van der Waals surface area contributed by atoms with E-state index in [-0.39, 0.29) is 18.4 Å². The number of amides is 2. The highest BCUT2D eigenvalue weighted by Gasteiger charge is 2.06. The van der Waals surface area contributed by atoms with Gasteiger partial charge in [-0.2, -0.15) is 0 Å². The minimum Gasteiger partial charge on any atom is -0.481 e. The zero-order valence-electron chi connectivity index (χ0n) is 9.38. The molecule has 0 bridgehead atoms. The van der Waals surface area contributed by atoms with Crippen molar-refractivity contribution in [2.24, 2.45) is 5.92 Å². The molecule has 2 amide bonds. The number of rotatable bonds is 7. The molecule has 3 N–H and O–H groups in total. The third-order valence-electron chi connectivity index (χ3n) is 2.00. The Morgan fingerprint density at radius 1 is 1.33 bits per heavy atom. The van der Waals surface area contributed by atoms with E-state index in [1.807, 2.05) is 13.8 Å². The summed E-state index contributed by atoms with van der Waals surface area (Å²) < 4.78 is 0. The predicted molar refractivity (Wildman–Crippen MR) is 57.7 cm³/mol. The topological polar surface area (TPSA) is 78.4 Å². The minimum atomic E-state index is -0.794. The van der Waals surface area contributed by atoms with Crippen molar-refractivity contribution in [2.45, 2.75) is 33.1 Å². The van der Waals surface area contributed by atoms with Crippen LogP contribution in [0.3, 0.4) is 0 Å². The van der Waals surface area contributed by atoms with Crippen LogP contribution in [-0.2, 0) is 4.79 Å². The first-order valence-corrected chi connectivity index (χ1v) is 5.29. The molecule has 0 aromatic rings. The summed E-state index contributed by atoms with van der Waals surface area (Å²) in [6.45, 7) is 5.08. The van der Waals surface area contributed by atoms with Crippen LogP contribution in [0.4, 0.5) is 4.79 Å². The minimum absolute atomic E-state index is 0.152. The third-order valence-corrected chi connectivity index (χ3v) is 2.00. The standard InChI is InChI=1S/C10H20N2O3/c1-3-6-11-10(15)12-7-8(2)4-5-9(13)14/h8H,3-7H2,1-2H3,(H,13,14)(H2,11,12,15). The van der Waals surface area contributed by atoms with Crippen molar-refractivity contribution < 1.29 is 14.7 Å². The number of hydrogen-bond acceptors (Lipinski definition) is 2. The summed E-state index contributed by atoms with van der Waals surface area (Å²) in [5.74, 6) is -0.606. The Balaban J connectivity index is 3.48. The molecular formula is C10H20N2O3. The summed E-state index contributed by atoms with van der Waals surface area (Å²) >= 11 is 0. The lowest BCUT2D eigenvalue weighted by Crippen LogP contribution is -2.38. The van der Waals surface area contributed by atoms with E-state index in [0.717, 1.165) is 6.42 Å². The Morgan fingerprint density at radius 3 is 2.53 bits per heavy atom. The van der Waals surface area contributed by atoms with Gasteiger partial charge in [0.1, 0.15) is 0 Å². The summed E-state index contributed by atoms with van der Waals surface area (Å²) in [6.07, 6.45) is 1.64. The van der Waals surface area contributed by atoms with Crippen LogP contribution in [0.25, 0.3) is 0 Å². The van der Waals surface area contributed by atoms with E-state index in [0.29, 0.717) is 19.5 Å². The van der Waals surface area contributed by atoms with Gasteiger partial charge in [0.15, 0.2) is 0 Å². The molecule has 0 aromatic heterocycles. The molecule has 0 aromatic carbocycles. The van der Waals surface area contributed by atoms with Gasteiger partial charge in [-0.05, 0) is 18.8 Å². The van der Waals surface area contributed by atoms with E-state index < -0.39 is 5.97 Å². The second kappa shape index (κ2) is 8.08. The number of carbonyl (C=O) groups excluding carboxylic acids is 1. The Hall–Kier alpha value is -1.26. The number of urea groups is 1. The Morgan fingerprint density at radius 2 is 2.00 bits per heavy atom. The molecule has 1 unspecified atom stereocenters. The number of carboxylic acids is 1. The van der Waals surface area contributed by atoms with Crippen LogP contribution < -0.4 is 10.6 Å². The first-order chi connectivity index (χ1) is 7.06. The largest absolute Gasteiger partial charge is 0.481 e. The molecule has 0 rings (SSSR count). The lowest BCUT2D eigenvalue weighted by Gasteiger charge is -2.11. The average Bonchev–Trinajstić information content (AvgIpc) is 2.20. The van der Waals surface area contributed by atoms with Crippen molar-refractivity contribution in [3.63, 3.8) is 0 Å². The van der Waals surface area contributed by atoms with E-state index in [4.69, 9.17) is 5.11 Å². The van der Waals surface area contributed by atoms with Crippen molar-refractivity contribution in [3.8, 4) is 0 Å². The van der Waals surface area contributed by atoms with Crippen LogP contribution in [-0.4, -0.2) is 30.2 Å². The number of nitrogens with one attached hydrogen (secondary N) is 2. The fraction of sp³-hybridized carbons (Fsp3) is 0.800. The van der Waals surface area contributed by atoms with E-state index in [1.54, 1.807) is 0 Å². The number of carbonyl (C=O) groups is 2. The number of aliphatic carboxylic acids is 1. The van der Waals surface area contributed by atoms with Crippen molar-refractivity contribution in [3.05, 3.63) is 0 Å². The SMILES string of the molecule is CCCNC(=O)NCC(C)CCC(=O)O. The molecule has 0 aliphatic heterocycles. The highest BCUT2D eigenvalue weighted by Crippen LogP contribution is 2.03. The smallest absolute Gasteiger partial charge is 0.314 e. The summed E-state index contributed by atoms with van der Waals surface area (Å²) in [5, 5.41) is 13.8. The van der Waals surface area contributed by atoms with Gasteiger partial charge in [-0.15, -0.1) is 0 Å². The van der Waals surface area contributed by atoms with E-state index in [2.05, 4.69) is 10.6 Å². The first kappa shape index (κ1) is 13.7. The summed E-state index contributed by atoms with van der Waals surface area (Å²) in [4.78, 5) is 21.4. The lowest BCUT2D eigenvalue weighted by molar-refractivity contribution is -0.137. The first-order valence-electron chi connectivity index (χ1n) is 5.29. The highest BCUT2D eigenvalue weighted by atomic mass is 16.4. The molecule has 0 aliphatic rings. The number of carboxylic acid groups (broad SMARTS) is 1.